The lowest BCUT2D eigenvalue weighted by Crippen LogP contribution is -2.39. The van der Waals surface area contributed by atoms with Gasteiger partial charge in [0.1, 0.15) is 0 Å². The largest absolute Gasteiger partial charge is 0.359 e. The summed E-state index contributed by atoms with van der Waals surface area (Å²) in [6.45, 7) is 0.155. The van der Waals surface area contributed by atoms with E-state index in [9.17, 15) is 4.79 Å². The van der Waals surface area contributed by atoms with Crippen molar-refractivity contribution >= 4 is 17.6 Å². The molecular formula is C10H15N5O. The molecule has 0 saturated heterocycles. The molecule has 0 unspecified atom stereocenters. The minimum Gasteiger partial charge on any atom is -0.359 e. The van der Waals surface area contributed by atoms with Crippen LogP contribution in [-0.4, -0.2) is 37.5 Å². The first-order chi connectivity index (χ1) is 7.76. The van der Waals surface area contributed by atoms with E-state index in [1.54, 1.807) is 38.6 Å². The average molecular weight is 221 g/mol. The summed E-state index contributed by atoms with van der Waals surface area (Å²) in [5.41, 5.74) is 0.675. The van der Waals surface area contributed by atoms with E-state index >= 15 is 0 Å². The fourth-order valence-corrected chi connectivity index (χ4v) is 1.09. The van der Waals surface area contributed by atoms with Gasteiger partial charge in [0, 0.05) is 20.3 Å². The Bertz CT molecular complexity index is 363. The number of hydrogen-bond donors (Lipinski definition) is 3. The second kappa shape index (κ2) is 6.39. The van der Waals surface area contributed by atoms with Gasteiger partial charge in [-0.15, -0.1) is 0 Å². The topological polar surface area (TPSA) is 78.4 Å². The van der Waals surface area contributed by atoms with Gasteiger partial charge >= 0.3 is 0 Å². The van der Waals surface area contributed by atoms with Crippen molar-refractivity contribution in [3.63, 3.8) is 0 Å². The quantitative estimate of drug-likeness (QED) is 0.488. The maximum atomic E-state index is 11.5. The lowest BCUT2D eigenvalue weighted by Gasteiger charge is -2.08. The monoisotopic (exact) mass is 221 g/mol. The first kappa shape index (κ1) is 12.0. The van der Waals surface area contributed by atoms with Crippen molar-refractivity contribution in [3.8, 4) is 0 Å². The number of hydrogen-bond acceptors (Lipinski definition) is 3. The number of aliphatic imine (C=N–C) groups is 1. The molecule has 0 radical (unpaired) electrons. The van der Waals surface area contributed by atoms with E-state index in [1.165, 1.54) is 0 Å². The number of rotatable bonds is 3. The molecule has 86 valence electrons. The number of pyridine rings is 1. The molecule has 1 amide bonds. The normalized spacial score (nSPS) is 10.8. The van der Waals surface area contributed by atoms with Gasteiger partial charge in [0.2, 0.25) is 5.91 Å². The van der Waals surface area contributed by atoms with E-state index in [2.05, 4.69) is 25.9 Å². The Balaban J connectivity index is 2.37. The van der Waals surface area contributed by atoms with Gasteiger partial charge in [0.05, 0.1) is 18.4 Å². The fraction of sp³-hybridized carbons (Fsp3) is 0.300. The van der Waals surface area contributed by atoms with Crippen LogP contribution < -0.4 is 16.0 Å². The van der Waals surface area contributed by atoms with Crippen molar-refractivity contribution < 1.29 is 4.79 Å². The van der Waals surface area contributed by atoms with Gasteiger partial charge in [0.25, 0.3) is 0 Å². The summed E-state index contributed by atoms with van der Waals surface area (Å²) in [4.78, 5) is 19.2. The number of guanidine groups is 1. The Hall–Kier alpha value is -2.11. The molecule has 6 heteroatoms. The van der Waals surface area contributed by atoms with E-state index in [4.69, 9.17) is 0 Å². The summed E-state index contributed by atoms with van der Waals surface area (Å²) >= 11 is 0. The van der Waals surface area contributed by atoms with Gasteiger partial charge in [0.15, 0.2) is 5.96 Å². The van der Waals surface area contributed by atoms with Gasteiger partial charge < -0.3 is 16.0 Å². The van der Waals surface area contributed by atoms with Gasteiger partial charge in [-0.1, -0.05) is 0 Å². The lowest BCUT2D eigenvalue weighted by molar-refractivity contribution is -0.115. The maximum Gasteiger partial charge on any atom is 0.243 e. The van der Waals surface area contributed by atoms with Crippen LogP contribution in [0.1, 0.15) is 0 Å². The SMILES string of the molecule is CN=C(NC)NCC(=O)Nc1cccnc1. The van der Waals surface area contributed by atoms with E-state index in [0.29, 0.717) is 11.6 Å². The van der Waals surface area contributed by atoms with Crippen LogP contribution in [-0.2, 0) is 4.79 Å². The minimum absolute atomic E-state index is 0.149. The van der Waals surface area contributed by atoms with E-state index in [1.807, 2.05) is 0 Å². The number of amides is 1. The Morgan fingerprint density at radius 3 is 2.94 bits per heavy atom. The third-order valence-corrected chi connectivity index (χ3v) is 1.82. The molecule has 0 aliphatic carbocycles. The first-order valence-electron chi connectivity index (χ1n) is 4.84. The van der Waals surface area contributed by atoms with Crippen LogP contribution in [0.2, 0.25) is 0 Å². The van der Waals surface area contributed by atoms with Crippen LogP contribution in [0.5, 0.6) is 0 Å². The van der Waals surface area contributed by atoms with Gasteiger partial charge in [-0.3, -0.25) is 14.8 Å². The van der Waals surface area contributed by atoms with Gasteiger partial charge in [-0.25, -0.2) is 0 Å². The van der Waals surface area contributed by atoms with E-state index < -0.39 is 0 Å². The van der Waals surface area contributed by atoms with Crippen molar-refractivity contribution in [2.45, 2.75) is 0 Å². The Kier molecular flexibility index (Phi) is 4.78. The van der Waals surface area contributed by atoms with Crippen LogP contribution in [0.3, 0.4) is 0 Å². The van der Waals surface area contributed by atoms with E-state index in [0.717, 1.165) is 0 Å². The molecule has 1 aromatic rings. The summed E-state index contributed by atoms with van der Waals surface area (Å²) in [7, 11) is 3.37. The van der Waals surface area contributed by atoms with Crippen molar-refractivity contribution in [2.24, 2.45) is 4.99 Å². The molecule has 0 bridgehead atoms. The second-order valence-electron chi connectivity index (χ2n) is 2.97. The van der Waals surface area contributed by atoms with Crippen LogP contribution in [0.4, 0.5) is 5.69 Å². The summed E-state index contributed by atoms with van der Waals surface area (Å²) in [6.07, 6.45) is 3.24. The smallest absolute Gasteiger partial charge is 0.243 e. The zero-order chi connectivity index (χ0) is 11.8. The zero-order valence-corrected chi connectivity index (χ0v) is 9.32. The highest BCUT2D eigenvalue weighted by Gasteiger charge is 2.02. The van der Waals surface area contributed by atoms with Crippen molar-refractivity contribution in [2.75, 3.05) is 26.0 Å². The van der Waals surface area contributed by atoms with Crippen molar-refractivity contribution in [3.05, 3.63) is 24.5 Å². The number of nitrogens with zero attached hydrogens (tertiary/aromatic N) is 2. The summed E-state index contributed by atoms with van der Waals surface area (Å²) in [6, 6.07) is 3.54. The third-order valence-electron chi connectivity index (χ3n) is 1.82. The average Bonchev–Trinajstić information content (AvgIpc) is 2.31. The number of carbonyl (C=O) groups is 1. The Morgan fingerprint density at radius 1 is 1.56 bits per heavy atom. The molecule has 1 heterocycles. The number of anilines is 1. The molecule has 6 nitrogen and oxygen atoms in total. The molecule has 0 fully saturated rings. The van der Waals surface area contributed by atoms with Crippen molar-refractivity contribution in [1.29, 1.82) is 0 Å². The standard InChI is InChI=1S/C10H15N5O/c1-11-10(12-2)14-7-9(16)15-8-4-3-5-13-6-8/h3-6H,7H2,1-2H3,(H,15,16)(H2,11,12,14). The van der Waals surface area contributed by atoms with Gasteiger partial charge in [-0.05, 0) is 12.1 Å². The molecule has 1 rings (SSSR count). The molecule has 0 spiro atoms. The molecule has 3 N–H and O–H groups in total. The van der Waals surface area contributed by atoms with Gasteiger partial charge in [-0.2, -0.15) is 0 Å². The second-order valence-corrected chi connectivity index (χ2v) is 2.97. The highest BCUT2D eigenvalue weighted by Crippen LogP contribution is 2.01. The zero-order valence-electron chi connectivity index (χ0n) is 9.32. The lowest BCUT2D eigenvalue weighted by atomic mass is 10.4. The minimum atomic E-state index is -0.149. The van der Waals surface area contributed by atoms with Crippen molar-refractivity contribution in [1.82, 2.24) is 15.6 Å². The van der Waals surface area contributed by atoms with Crippen LogP contribution in [0.25, 0.3) is 0 Å². The number of aromatic nitrogens is 1. The maximum absolute atomic E-state index is 11.5. The number of carbonyl (C=O) groups excluding carboxylic acids is 1. The first-order valence-corrected chi connectivity index (χ1v) is 4.84. The molecule has 0 aliphatic heterocycles. The third kappa shape index (κ3) is 3.95. The molecule has 0 atom stereocenters. The molecule has 0 saturated carbocycles. The molecule has 0 aromatic carbocycles. The summed E-state index contributed by atoms with van der Waals surface area (Å²) in [5, 5.41) is 8.36. The predicted molar refractivity (Wildman–Crippen MR) is 63.3 cm³/mol. The number of nitrogens with one attached hydrogen (secondary N) is 3. The van der Waals surface area contributed by atoms with Crippen LogP contribution >= 0.6 is 0 Å². The van der Waals surface area contributed by atoms with Crippen LogP contribution in [0.15, 0.2) is 29.5 Å². The Labute approximate surface area is 94.2 Å². The van der Waals surface area contributed by atoms with Crippen LogP contribution in [0, 0.1) is 0 Å². The van der Waals surface area contributed by atoms with E-state index in [-0.39, 0.29) is 12.5 Å². The molecular weight excluding hydrogens is 206 g/mol. The Morgan fingerprint density at radius 2 is 2.38 bits per heavy atom. The molecule has 1 aromatic heterocycles. The molecule has 0 aliphatic rings. The predicted octanol–water partition coefficient (Wildman–Crippen LogP) is -0.185. The highest BCUT2D eigenvalue weighted by atomic mass is 16.1. The fourth-order valence-electron chi connectivity index (χ4n) is 1.09. The molecule has 16 heavy (non-hydrogen) atoms. The highest BCUT2D eigenvalue weighted by molar-refractivity contribution is 5.94. The summed E-state index contributed by atoms with van der Waals surface area (Å²) in [5.74, 6) is 0.422. The summed E-state index contributed by atoms with van der Waals surface area (Å²) < 4.78 is 0.